The first kappa shape index (κ1) is 20.5. The van der Waals surface area contributed by atoms with Gasteiger partial charge >= 0.3 is 0 Å². The largest absolute Gasteiger partial charge is 0.508 e. The number of para-hydroxylation sites is 1. The number of fused-ring (bicyclic) bond motifs is 3. The number of benzene rings is 2. The van der Waals surface area contributed by atoms with Crippen LogP contribution in [-0.4, -0.2) is 37.9 Å². The van der Waals surface area contributed by atoms with Gasteiger partial charge in [0, 0.05) is 29.8 Å². The van der Waals surface area contributed by atoms with E-state index in [2.05, 4.69) is 19.3 Å². The predicted octanol–water partition coefficient (Wildman–Crippen LogP) is 3.48. The second-order valence-corrected chi connectivity index (χ2v) is 8.03. The lowest BCUT2D eigenvalue weighted by Crippen LogP contribution is -2.10. The highest BCUT2D eigenvalue weighted by molar-refractivity contribution is 7.97. The number of nitrogens with one attached hydrogen (secondary N) is 1. The van der Waals surface area contributed by atoms with Gasteiger partial charge in [-0.25, -0.2) is 9.97 Å². The van der Waals surface area contributed by atoms with Gasteiger partial charge in [0.05, 0.1) is 17.6 Å². The molecule has 156 valence electrons. The lowest BCUT2D eigenvalue weighted by molar-refractivity contribution is 0.294. The summed E-state index contributed by atoms with van der Waals surface area (Å²) in [6, 6.07) is 15.1. The molecule has 0 saturated heterocycles. The highest BCUT2D eigenvalue weighted by Crippen LogP contribution is 2.29. The summed E-state index contributed by atoms with van der Waals surface area (Å²) in [6.45, 7) is 1.70. The zero-order valence-electron chi connectivity index (χ0n) is 16.6. The molecule has 2 aromatic carbocycles. The number of unbranched alkanes of at least 4 members (excludes halogenated alkanes) is 1. The predicted molar refractivity (Wildman–Crippen MR) is 121 cm³/mol. The average molecular weight is 424 g/mol. The van der Waals surface area contributed by atoms with Crippen molar-refractivity contribution in [1.82, 2.24) is 19.3 Å². The number of aryl methyl sites for hydroxylation is 1. The van der Waals surface area contributed by atoms with E-state index in [1.165, 1.54) is 0 Å². The standard InChI is InChI=1S/C22H25N5O2S/c23-22-20-21(17-5-1-2-6-18(17)25-22)27(19(26-20)11-14-28)13-4-3-12-24-30-16-9-7-15(29)8-10-16/h1-2,5-10,24,28-29H,3-4,11-14H2,(H2,23,25). The molecule has 0 fully saturated rings. The first-order chi connectivity index (χ1) is 14.7. The van der Waals surface area contributed by atoms with Crippen LogP contribution in [0.3, 0.4) is 0 Å². The number of hydrogen-bond donors (Lipinski definition) is 4. The summed E-state index contributed by atoms with van der Waals surface area (Å²) in [5.74, 6) is 1.53. The van der Waals surface area contributed by atoms with Gasteiger partial charge in [-0.2, -0.15) is 0 Å². The lowest BCUT2D eigenvalue weighted by atomic mass is 10.2. The molecule has 0 spiro atoms. The minimum Gasteiger partial charge on any atom is -0.508 e. The maximum absolute atomic E-state index is 9.49. The smallest absolute Gasteiger partial charge is 0.152 e. The van der Waals surface area contributed by atoms with Gasteiger partial charge in [0.2, 0.25) is 0 Å². The molecule has 0 unspecified atom stereocenters. The number of nitrogen functional groups attached to an aromatic ring is 1. The SMILES string of the molecule is Nc1nc2ccccc2c2c1nc(CCO)n2CCCCNSc1ccc(O)cc1. The quantitative estimate of drug-likeness (QED) is 0.241. The molecule has 5 N–H and O–H groups in total. The third-order valence-electron chi connectivity index (χ3n) is 4.96. The Labute approximate surface area is 179 Å². The number of anilines is 1. The number of nitrogens with zero attached hydrogens (tertiary/aromatic N) is 3. The third kappa shape index (κ3) is 4.35. The Morgan fingerprint density at radius 1 is 1.03 bits per heavy atom. The monoisotopic (exact) mass is 423 g/mol. The molecule has 0 amide bonds. The Morgan fingerprint density at radius 3 is 2.63 bits per heavy atom. The third-order valence-corrected chi connectivity index (χ3v) is 5.82. The highest BCUT2D eigenvalue weighted by Gasteiger charge is 2.16. The number of aromatic hydroxyl groups is 1. The number of imidazole rings is 1. The molecule has 30 heavy (non-hydrogen) atoms. The van der Waals surface area contributed by atoms with Crippen LogP contribution in [0.4, 0.5) is 5.82 Å². The van der Waals surface area contributed by atoms with Crippen molar-refractivity contribution >= 4 is 39.7 Å². The lowest BCUT2D eigenvalue weighted by Gasteiger charge is -2.11. The molecule has 0 aliphatic carbocycles. The summed E-state index contributed by atoms with van der Waals surface area (Å²) in [5, 5.41) is 19.9. The summed E-state index contributed by atoms with van der Waals surface area (Å²) in [5.41, 5.74) is 8.73. The Kier molecular flexibility index (Phi) is 6.37. The van der Waals surface area contributed by atoms with Crippen molar-refractivity contribution in [2.24, 2.45) is 0 Å². The van der Waals surface area contributed by atoms with E-state index in [1.807, 2.05) is 36.4 Å². The number of hydrogen-bond acceptors (Lipinski definition) is 7. The fraction of sp³-hybridized carbons (Fsp3) is 0.273. The molecule has 4 rings (SSSR count). The van der Waals surface area contributed by atoms with E-state index in [1.54, 1.807) is 24.1 Å². The van der Waals surface area contributed by atoms with Crippen LogP contribution in [0.1, 0.15) is 18.7 Å². The van der Waals surface area contributed by atoms with Crippen molar-refractivity contribution in [3.8, 4) is 5.75 Å². The molecule has 0 aliphatic heterocycles. The van der Waals surface area contributed by atoms with Gasteiger partial charge in [-0.1, -0.05) is 18.2 Å². The van der Waals surface area contributed by atoms with Crippen LogP contribution in [0.5, 0.6) is 5.75 Å². The normalized spacial score (nSPS) is 11.5. The number of aliphatic hydroxyl groups is 1. The fourth-order valence-electron chi connectivity index (χ4n) is 3.55. The van der Waals surface area contributed by atoms with Crippen molar-refractivity contribution in [2.75, 3.05) is 18.9 Å². The van der Waals surface area contributed by atoms with Crippen LogP contribution in [0.25, 0.3) is 21.9 Å². The summed E-state index contributed by atoms with van der Waals surface area (Å²) in [4.78, 5) is 10.2. The molecule has 7 nitrogen and oxygen atoms in total. The van der Waals surface area contributed by atoms with Gasteiger partial charge in [0.1, 0.15) is 17.1 Å². The molecule has 4 aromatic rings. The van der Waals surface area contributed by atoms with Gasteiger partial charge in [-0.05, 0) is 55.1 Å². The van der Waals surface area contributed by atoms with Crippen LogP contribution in [0.15, 0.2) is 53.4 Å². The number of rotatable bonds is 9. The van der Waals surface area contributed by atoms with Gasteiger partial charge < -0.3 is 20.5 Å². The molecule has 2 aromatic heterocycles. The van der Waals surface area contributed by atoms with Crippen LogP contribution in [0, 0.1) is 0 Å². The highest BCUT2D eigenvalue weighted by atomic mass is 32.2. The van der Waals surface area contributed by atoms with Crippen LogP contribution < -0.4 is 10.5 Å². The van der Waals surface area contributed by atoms with E-state index in [0.29, 0.717) is 17.8 Å². The molecule has 0 bridgehead atoms. The van der Waals surface area contributed by atoms with Gasteiger partial charge in [-0.15, -0.1) is 0 Å². The van der Waals surface area contributed by atoms with E-state index < -0.39 is 0 Å². The van der Waals surface area contributed by atoms with Gasteiger partial charge in [-0.3, -0.25) is 4.72 Å². The van der Waals surface area contributed by atoms with E-state index in [4.69, 9.17) is 5.73 Å². The summed E-state index contributed by atoms with van der Waals surface area (Å²) >= 11 is 1.56. The number of pyridine rings is 1. The molecule has 8 heteroatoms. The fourth-order valence-corrected chi connectivity index (χ4v) is 4.24. The second kappa shape index (κ2) is 9.34. The maximum atomic E-state index is 9.49. The first-order valence-corrected chi connectivity index (χ1v) is 10.8. The molecule has 0 saturated carbocycles. The molecule has 2 heterocycles. The maximum Gasteiger partial charge on any atom is 0.152 e. The Balaban J connectivity index is 1.46. The van der Waals surface area contributed by atoms with E-state index in [9.17, 15) is 10.2 Å². The molecule has 0 radical (unpaired) electrons. The number of phenolic OH excluding ortho intramolecular Hbond substituents is 1. The average Bonchev–Trinajstić information content (AvgIpc) is 3.11. The van der Waals surface area contributed by atoms with Crippen LogP contribution in [0.2, 0.25) is 0 Å². The minimum absolute atomic E-state index is 0.0411. The molecule has 0 atom stereocenters. The second-order valence-electron chi connectivity index (χ2n) is 7.06. The Bertz CT molecular complexity index is 1140. The minimum atomic E-state index is 0.0411. The van der Waals surface area contributed by atoms with Crippen molar-refractivity contribution in [3.05, 3.63) is 54.4 Å². The number of aromatic nitrogens is 3. The Hall–Kier alpha value is -2.81. The first-order valence-electron chi connectivity index (χ1n) is 10.0. The zero-order chi connectivity index (χ0) is 20.9. The van der Waals surface area contributed by atoms with Crippen LogP contribution in [-0.2, 0) is 13.0 Å². The number of phenols is 1. The van der Waals surface area contributed by atoms with Crippen molar-refractivity contribution < 1.29 is 10.2 Å². The Morgan fingerprint density at radius 2 is 1.83 bits per heavy atom. The van der Waals surface area contributed by atoms with Crippen molar-refractivity contribution in [1.29, 1.82) is 0 Å². The van der Waals surface area contributed by atoms with E-state index in [0.717, 1.165) is 53.1 Å². The summed E-state index contributed by atoms with van der Waals surface area (Å²) in [7, 11) is 0. The zero-order valence-corrected chi connectivity index (χ0v) is 17.4. The van der Waals surface area contributed by atoms with Gasteiger partial charge in [0.15, 0.2) is 5.82 Å². The van der Waals surface area contributed by atoms with Crippen LogP contribution >= 0.6 is 11.9 Å². The molecule has 0 aliphatic rings. The molecular formula is C22H25N5O2S. The van der Waals surface area contributed by atoms with E-state index >= 15 is 0 Å². The van der Waals surface area contributed by atoms with Gasteiger partial charge in [0.25, 0.3) is 0 Å². The summed E-state index contributed by atoms with van der Waals surface area (Å²) in [6.07, 6.45) is 2.43. The molecular weight excluding hydrogens is 398 g/mol. The summed E-state index contributed by atoms with van der Waals surface area (Å²) < 4.78 is 5.54. The number of nitrogens with two attached hydrogens (primary N) is 1. The van der Waals surface area contributed by atoms with Crippen molar-refractivity contribution in [2.45, 2.75) is 30.7 Å². The van der Waals surface area contributed by atoms with Crippen molar-refractivity contribution in [3.63, 3.8) is 0 Å². The number of aliphatic hydroxyl groups excluding tert-OH is 1. The van der Waals surface area contributed by atoms with E-state index in [-0.39, 0.29) is 12.4 Å². The topological polar surface area (TPSA) is 109 Å².